The van der Waals surface area contributed by atoms with E-state index in [9.17, 15) is 8.42 Å². The molecule has 0 amide bonds. The third kappa shape index (κ3) is 4.70. The molecule has 1 aliphatic heterocycles. The molecule has 2 heterocycles. The summed E-state index contributed by atoms with van der Waals surface area (Å²) >= 11 is 0. The van der Waals surface area contributed by atoms with E-state index >= 15 is 0 Å². The van der Waals surface area contributed by atoms with E-state index in [1.54, 1.807) is 4.31 Å². The van der Waals surface area contributed by atoms with Crippen LogP contribution in [-0.4, -0.2) is 53.9 Å². The number of hydrogen-bond acceptors (Lipinski definition) is 6. The average molecular weight is 421 g/mol. The number of unbranched alkanes of at least 4 members (excludes halogenated alkanes) is 1. The zero-order valence-corrected chi connectivity index (χ0v) is 19.0. The Hall–Kier alpha value is -1.77. The summed E-state index contributed by atoms with van der Waals surface area (Å²) in [5.74, 6) is 1.36. The van der Waals surface area contributed by atoms with Crippen LogP contribution in [0.3, 0.4) is 0 Å². The Morgan fingerprint density at radius 3 is 2.24 bits per heavy atom. The molecule has 2 aromatic rings. The number of nitrogens with zero attached hydrogens (tertiary/aromatic N) is 4. The third-order valence-corrected chi connectivity index (χ3v) is 8.02. The largest absolute Gasteiger partial charge is 0.339 e. The van der Waals surface area contributed by atoms with Crippen molar-refractivity contribution in [3.8, 4) is 0 Å². The van der Waals surface area contributed by atoms with E-state index in [4.69, 9.17) is 4.52 Å². The van der Waals surface area contributed by atoms with Crippen molar-refractivity contribution >= 4 is 10.0 Å². The molecule has 0 bridgehead atoms. The molecular formula is C21H32N4O3S. The van der Waals surface area contributed by atoms with Crippen molar-refractivity contribution in [1.29, 1.82) is 0 Å². The minimum atomic E-state index is -3.51. The van der Waals surface area contributed by atoms with Crippen LogP contribution in [0.25, 0.3) is 0 Å². The van der Waals surface area contributed by atoms with E-state index in [1.807, 2.05) is 27.7 Å². The summed E-state index contributed by atoms with van der Waals surface area (Å²) in [6.07, 6.45) is 2.94. The summed E-state index contributed by atoms with van der Waals surface area (Å²) in [7, 11) is -3.51. The lowest BCUT2D eigenvalue weighted by atomic mass is 10.0. The van der Waals surface area contributed by atoms with Crippen molar-refractivity contribution in [2.45, 2.75) is 65.3 Å². The molecule has 0 spiro atoms. The van der Waals surface area contributed by atoms with Gasteiger partial charge in [-0.05, 0) is 56.4 Å². The third-order valence-electron chi connectivity index (χ3n) is 5.85. The second-order valence-electron chi connectivity index (χ2n) is 7.98. The molecule has 1 aromatic carbocycles. The van der Waals surface area contributed by atoms with Crippen LogP contribution in [0.1, 0.15) is 53.7 Å². The number of aromatic nitrogens is 2. The van der Waals surface area contributed by atoms with Crippen molar-refractivity contribution in [3.05, 3.63) is 40.0 Å². The summed E-state index contributed by atoms with van der Waals surface area (Å²) in [6.45, 7) is 12.7. The van der Waals surface area contributed by atoms with Crippen LogP contribution in [0.5, 0.6) is 0 Å². The standard InChI is InChI=1S/C21H32N4O3S/c1-6-7-8-20-22-19(23-28-20)14-24-9-11-25(12-10-24)29(26,27)21-17(4)15(2)13-16(3)18(21)5/h13H,6-12,14H2,1-5H3. The maximum absolute atomic E-state index is 13.4. The topological polar surface area (TPSA) is 79.5 Å². The highest BCUT2D eigenvalue weighted by Gasteiger charge is 2.32. The molecule has 0 radical (unpaired) electrons. The zero-order chi connectivity index (χ0) is 21.2. The summed E-state index contributed by atoms with van der Waals surface area (Å²) in [4.78, 5) is 7.10. The van der Waals surface area contributed by atoms with Crippen molar-refractivity contribution in [2.75, 3.05) is 26.2 Å². The molecule has 1 saturated heterocycles. The van der Waals surface area contributed by atoms with Gasteiger partial charge in [0.05, 0.1) is 11.4 Å². The van der Waals surface area contributed by atoms with Gasteiger partial charge in [0, 0.05) is 32.6 Å². The minimum Gasteiger partial charge on any atom is -0.339 e. The maximum atomic E-state index is 13.4. The van der Waals surface area contributed by atoms with Gasteiger partial charge in [-0.2, -0.15) is 9.29 Å². The number of piperazine rings is 1. The predicted molar refractivity (Wildman–Crippen MR) is 112 cm³/mol. The van der Waals surface area contributed by atoms with Gasteiger partial charge in [-0.3, -0.25) is 4.90 Å². The van der Waals surface area contributed by atoms with Gasteiger partial charge in [0.1, 0.15) is 0 Å². The van der Waals surface area contributed by atoms with Crippen molar-refractivity contribution in [3.63, 3.8) is 0 Å². The molecule has 29 heavy (non-hydrogen) atoms. The molecule has 1 fully saturated rings. The van der Waals surface area contributed by atoms with E-state index in [1.165, 1.54) is 0 Å². The van der Waals surface area contributed by atoms with Crippen LogP contribution in [0.4, 0.5) is 0 Å². The van der Waals surface area contributed by atoms with Crippen LogP contribution < -0.4 is 0 Å². The minimum absolute atomic E-state index is 0.467. The Morgan fingerprint density at radius 1 is 1.03 bits per heavy atom. The first-order valence-corrected chi connectivity index (χ1v) is 11.8. The average Bonchev–Trinajstić information content (AvgIpc) is 3.12. The monoisotopic (exact) mass is 420 g/mol. The van der Waals surface area contributed by atoms with Crippen LogP contribution in [0.2, 0.25) is 0 Å². The fourth-order valence-corrected chi connectivity index (χ4v) is 5.81. The van der Waals surface area contributed by atoms with Gasteiger partial charge in [0.2, 0.25) is 15.9 Å². The van der Waals surface area contributed by atoms with Gasteiger partial charge in [0.25, 0.3) is 0 Å². The summed E-state index contributed by atoms with van der Waals surface area (Å²) in [6, 6.07) is 2.06. The normalized spacial score (nSPS) is 16.4. The number of aryl methyl sites for hydroxylation is 3. The summed E-state index contributed by atoms with van der Waals surface area (Å²) < 4.78 is 33.6. The molecule has 1 aliphatic rings. The smallest absolute Gasteiger partial charge is 0.243 e. The van der Waals surface area contributed by atoms with Gasteiger partial charge >= 0.3 is 0 Å². The fraction of sp³-hybridized carbons (Fsp3) is 0.619. The lowest BCUT2D eigenvalue weighted by molar-refractivity contribution is 0.176. The van der Waals surface area contributed by atoms with Gasteiger partial charge in [0.15, 0.2) is 5.82 Å². The fourth-order valence-electron chi connectivity index (χ4n) is 3.81. The second-order valence-corrected chi connectivity index (χ2v) is 9.85. The maximum Gasteiger partial charge on any atom is 0.243 e. The van der Waals surface area contributed by atoms with Crippen LogP contribution in [0.15, 0.2) is 15.5 Å². The summed E-state index contributed by atoms with van der Waals surface area (Å²) in [5, 5.41) is 4.06. The molecule has 0 atom stereocenters. The molecule has 1 aromatic heterocycles. The highest BCUT2D eigenvalue weighted by molar-refractivity contribution is 7.89. The van der Waals surface area contributed by atoms with Gasteiger partial charge in [-0.25, -0.2) is 8.42 Å². The molecular weight excluding hydrogens is 388 g/mol. The Balaban J connectivity index is 1.67. The van der Waals surface area contributed by atoms with Crippen LogP contribution in [0, 0.1) is 27.7 Å². The van der Waals surface area contributed by atoms with Crippen molar-refractivity contribution in [1.82, 2.24) is 19.3 Å². The zero-order valence-electron chi connectivity index (χ0n) is 18.2. The SMILES string of the molecule is CCCCc1nc(CN2CCN(S(=O)(=O)c3c(C)c(C)cc(C)c3C)CC2)no1. The van der Waals surface area contributed by atoms with E-state index in [2.05, 4.69) is 28.0 Å². The molecule has 160 valence electrons. The van der Waals surface area contributed by atoms with E-state index < -0.39 is 10.0 Å². The molecule has 8 heteroatoms. The first-order chi connectivity index (χ1) is 13.7. The molecule has 0 N–H and O–H groups in total. The van der Waals surface area contributed by atoms with Crippen LogP contribution in [-0.2, 0) is 23.0 Å². The van der Waals surface area contributed by atoms with E-state index in [0.29, 0.717) is 49.3 Å². The Kier molecular flexibility index (Phi) is 6.76. The number of rotatable bonds is 7. The first-order valence-electron chi connectivity index (χ1n) is 10.4. The number of sulfonamides is 1. The number of hydrogen-bond donors (Lipinski definition) is 0. The lowest BCUT2D eigenvalue weighted by Gasteiger charge is -2.34. The van der Waals surface area contributed by atoms with Crippen molar-refractivity contribution < 1.29 is 12.9 Å². The Morgan fingerprint density at radius 2 is 1.66 bits per heavy atom. The molecule has 3 rings (SSSR count). The van der Waals surface area contributed by atoms with E-state index in [-0.39, 0.29) is 0 Å². The van der Waals surface area contributed by atoms with Crippen LogP contribution >= 0.6 is 0 Å². The van der Waals surface area contributed by atoms with Crippen molar-refractivity contribution in [2.24, 2.45) is 0 Å². The lowest BCUT2D eigenvalue weighted by Crippen LogP contribution is -2.48. The number of benzene rings is 1. The molecule has 0 aliphatic carbocycles. The predicted octanol–water partition coefficient (Wildman–Crippen LogP) is 3.15. The van der Waals surface area contributed by atoms with E-state index in [0.717, 1.165) is 41.5 Å². The quantitative estimate of drug-likeness (QED) is 0.685. The highest BCUT2D eigenvalue weighted by atomic mass is 32.2. The first kappa shape index (κ1) is 21.9. The van der Waals surface area contributed by atoms with Gasteiger partial charge < -0.3 is 4.52 Å². The summed E-state index contributed by atoms with van der Waals surface area (Å²) in [5.41, 5.74) is 3.73. The Labute approximate surface area is 174 Å². The van der Waals surface area contributed by atoms with Gasteiger partial charge in [-0.15, -0.1) is 0 Å². The highest BCUT2D eigenvalue weighted by Crippen LogP contribution is 2.29. The molecule has 0 unspecified atom stereocenters. The second kappa shape index (κ2) is 8.93. The Bertz CT molecular complexity index is 934. The molecule has 7 nitrogen and oxygen atoms in total. The molecule has 0 saturated carbocycles. The van der Waals surface area contributed by atoms with Gasteiger partial charge in [-0.1, -0.05) is 24.6 Å².